The van der Waals surface area contributed by atoms with Gasteiger partial charge in [0.2, 0.25) is 0 Å². The third kappa shape index (κ3) is 0.955. The van der Waals surface area contributed by atoms with E-state index in [9.17, 15) is 0 Å². The van der Waals surface area contributed by atoms with Crippen LogP contribution in [0.2, 0.25) is 0 Å². The highest BCUT2D eigenvalue weighted by Gasteiger charge is 1.99. The van der Waals surface area contributed by atoms with Gasteiger partial charge < -0.3 is 0 Å². The largest absolute Gasteiger partial charge is 0.244 e. The van der Waals surface area contributed by atoms with Crippen LogP contribution in [-0.2, 0) is 0 Å². The van der Waals surface area contributed by atoms with Crippen LogP contribution in [0.3, 0.4) is 0 Å². The molecule has 2 nitrogen and oxygen atoms in total. The zero-order valence-corrected chi connectivity index (χ0v) is 6.65. The Morgan fingerprint density at radius 1 is 1.30 bits per heavy atom. The van der Waals surface area contributed by atoms with Gasteiger partial charge in [0.15, 0.2) is 0 Å². The van der Waals surface area contributed by atoms with E-state index in [1.165, 1.54) is 11.5 Å². The van der Waals surface area contributed by atoms with Crippen LogP contribution in [0, 0.1) is 0 Å². The van der Waals surface area contributed by atoms with Crippen molar-refractivity contribution < 1.29 is 0 Å². The summed E-state index contributed by atoms with van der Waals surface area (Å²) >= 11 is 3.12. The second-order valence-corrected chi connectivity index (χ2v) is 3.44. The number of hydrogen-bond donors (Lipinski definition) is 0. The fourth-order valence-corrected chi connectivity index (χ4v) is 1.97. The van der Waals surface area contributed by atoms with Crippen LogP contribution in [-0.4, -0.2) is 9.36 Å². The van der Waals surface area contributed by atoms with Crippen molar-refractivity contribution in [1.82, 2.24) is 9.36 Å². The number of thiazole rings is 1. The summed E-state index contributed by atoms with van der Waals surface area (Å²) in [6.07, 6.45) is 3.60. The number of hydrogen-bond acceptors (Lipinski definition) is 4. The van der Waals surface area contributed by atoms with Crippen LogP contribution >= 0.6 is 22.9 Å². The zero-order valence-electron chi connectivity index (χ0n) is 5.02. The maximum absolute atomic E-state index is 4.15. The Morgan fingerprint density at radius 2 is 2.30 bits per heavy atom. The van der Waals surface area contributed by atoms with Gasteiger partial charge >= 0.3 is 0 Å². The van der Waals surface area contributed by atoms with Crippen LogP contribution in [0.25, 0.3) is 9.88 Å². The first-order chi connectivity index (χ1) is 4.97. The summed E-state index contributed by atoms with van der Waals surface area (Å²) in [4.78, 5) is 5.30. The summed E-state index contributed by atoms with van der Waals surface area (Å²) < 4.78 is 3.99. The van der Waals surface area contributed by atoms with Gasteiger partial charge in [-0.05, 0) is 17.6 Å². The summed E-state index contributed by atoms with van der Waals surface area (Å²) in [7, 11) is 0. The van der Waals surface area contributed by atoms with Crippen LogP contribution in [0.5, 0.6) is 0 Å². The molecule has 0 N–H and O–H groups in total. The molecule has 0 radical (unpaired) electrons. The molecule has 2 aromatic heterocycles. The van der Waals surface area contributed by atoms with Crippen LogP contribution in [0.15, 0.2) is 23.8 Å². The molecule has 0 bridgehead atoms. The average Bonchev–Trinajstić information content (AvgIpc) is 2.59. The Hall–Kier alpha value is -0.740. The van der Waals surface area contributed by atoms with Crippen molar-refractivity contribution in [1.29, 1.82) is 0 Å². The average molecular weight is 168 g/mol. The molecule has 4 heteroatoms. The Kier molecular flexibility index (Phi) is 1.49. The van der Waals surface area contributed by atoms with Crippen LogP contribution in [0.1, 0.15) is 0 Å². The minimum absolute atomic E-state index is 1.06. The molecule has 2 heterocycles. The lowest BCUT2D eigenvalue weighted by atomic mass is 10.5. The van der Waals surface area contributed by atoms with Crippen molar-refractivity contribution >= 4 is 22.9 Å². The third-order valence-electron chi connectivity index (χ3n) is 1.08. The zero-order chi connectivity index (χ0) is 6.81. The summed E-state index contributed by atoms with van der Waals surface area (Å²) in [5.41, 5.74) is 0. The van der Waals surface area contributed by atoms with E-state index in [1.54, 1.807) is 23.7 Å². The molecule has 2 aromatic rings. The van der Waals surface area contributed by atoms with E-state index in [0.717, 1.165) is 9.88 Å². The van der Waals surface area contributed by atoms with Gasteiger partial charge in [-0.2, -0.15) is 0 Å². The summed E-state index contributed by atoms with van der Waals surface area (Å²) in [6.45, 7) is 0. The van der Waals surface area contributed by atoms with E-state index in [1.807, 2.05) is 11.4 Å². The molecule has 0 atom stereocenters. The SMILES string of the molecule is c1cc(-c2nccs2)sn1. The molecular weight excluding hydrogens is 164 g/mol. The van der Waals surface area contributed by atoms with E-state index in [4.69, 9.17) is 0 Å². The minimum Gasteiger partial charge on any atom is -0.244 e. The van der Waals surface area contributed by atoms with E-state index >= 15 is 0 Å². The lowest BCUT2D eigenvalue weighted by molar-refractivity contribution is 1.43. The van der Waals surface area contributed by atoms with Crippen molar-refractivity contribution in [2.45, 2.75) is 0 Å². The van der Waals surface area contributed by atoms with Gasteiger partial charge in [0.25, 0.3) is 0 Å². The predicted octanol–water partition coefficient (Wildman–Crippen LogP) is 2.27. The van der Waals surface area contributed by atoms with Crippen molar-refractivity contribution in [2.75, 3.05) is 0 Å². The quantitative estimate of drug-likeness (QED) is 0.652. The molecule has 0 aromatic carbocycles. The topological polar surface area (TPSA) is 25.8 Å². The van der Waals surface area contributed by atoms with Crippen molar-refractivity contribution in [3.05, 3.63) is 23.8 Å². The van der Waals surface area contributed by atoms with Crippen LogP contribution in [0.4, 0.5) is 0 Å². The summed E-state index contributed by atoms with van der Waals surface area (Å²) in [5.74, 6) is 0. The van der Waals surface area contributed by atoms with E-state index in [0.29, 0.717) is 0 Å². The first-order valence-corrected chi connectivity index (χ1v) is 4.42. The smallest absolute Gasteiger partial charge is 0.134 e. The molecule has 50 valence electrons. The summed E-state index contributed by atoms with van der Waals surface area (Å²) in [6, 6.07) is 1.98. The molecule has 0 aliphatic carbocycles. The molecule has 0 unspecified atom stereocenters. The molecule has 0 amide bonds. The molecule has 0 spiro atoms. The molecule has 0 saturated heterocycles. The standard InChI is InChI=1S/C6H4N2S2/c1-2-8-10-5(1)6-7-3-4-9-6/h1-4H. The van der Waals surface area contributed by atoms with Crippen LogP contribution < -0.4 is 0 Å². The maximum atomic E-state index is 4.15. The van der Waals surface area contributed by atoms with E-state index < -0.39 is 0 Å². The predicted molar refractivity (Wildman–Crippen MR) is 43.2 cm³/mol. The normalized spacial score (nSPS) is 10.0. The van der Waals surface area contributed by atoms with Gasteiger partial charge in [-0.15, -0.1) is 11.3 Å². The number of aromatic nitrogens is 2. The molecule has 0 aliphatic heterocycles. The van der Waals surface area contributed by atoms with Gasteiger partial charge in [-0.3, -0.25) is 0 Å². The molecule has 0 fully saturated rings. The van der Waals surface area contributed by atoms with Gasteiger partial charge in [0, 0.05) is 17.8 Å². The number of rotatable bonds is 1. The van der Waals surface area contributed by atoms with Gasteiger partial charge in [0.1, 0.15) is 5.01 Å². The fourth-order valence-electron chi connectivity index (χ4n) is 0.671. The Balaban J connectivity index is 2.48. The molecule has 2 rings (SSSR count). The molecule has 0 aliphatic rings. The van der Waals surface area contributed by atoms with Crippen molar-refractivity contribution in [3.8, 4) is 9.88 Å². The second kappa shape index (κ2) is 2.48. The van der Waals surface area contributed by atoms with Gasteiger partial charge in [-0.25, -0.2) is 9.36 Å². The molecule has 0 saturated carbocycles. The lowest BCUT2D eigenvalue weighted by Crippen LogP contribution is -1.63. The maximum Gasteiger partial charge on any atom is 0.134 e. The third-order valence-corrected chi connectivity index (χ3v) is 2.77. The minimum atomic E-state index is 1.06. The fraction of sp³-hybridized carbons (Fsp3) is 0. The highest BCUT2D eigenvalue weighted by atomic mass is 32.1. The van der Waals surface area contributed by atoms with E-state index in [2.05, 4.69) is 9.36 Å². The molecular formula is C6H4N2S2. The van der Waals surface area contributed by atoms with Gasteiger partial charge in [-0.1, -0.05) is 0 Å². The number of nitrogens with zero attached hydrogens (tertiary/aromatic N) is 2. The van der Waals surface area contributed by atoms with Gasteiger partial charge in [0.05, 0.1) is 4.88 Å². The second-order valence-electron chi connectivity index (χ2n) is 1.71. The highest BCUT2D eigenvalue weighted by Crippen LogP contribution is 2.23. The first-order valence-electron chi connectivity index (χ1n) is 2.77. The Labute approximate surface area is 66.3 Å². The lowest BCUT2D eigenvalue weighted by Gasteiger charge is -1.81. The summed E-state index contributed by atoms with van der Waals surface area (Å²) in [5, 5.41) is 3.03. The first kappa shape index (κ1) is 6.00. The highest BCUT2D eigenvalue weighted by molar-refractivity contribution is 7.18. The van der Waals surface area contributed by atoms with Crippen molar-refractivity contribution in [3.63, 3.8) is 0 Å². The monoisotopic (exact) mass is 168 g/mol. The molecule has 10 heavy (non-hydrogen) atoms. The Morgan fingerprint density at radius 3 is 2.90 bits per heavy atom. The van der Waals surface area contributed by atoms with E-state index in [-0.39, 0.29) is 0 Å². The Bertz CT molecular complexity index is 253. The van der Waals surface area contributed by atoms with Crippen molar-refractivity contribution in [2.24, 2.45) is 0 Å².